The zero-order valence-corrected chi connectivity index (χ0v) is 12.9. The molecule has 0 aliphatic heterocycles. The van der Waals surface area contributed by atoms with E-state index in [1.807, 2.05) is 0 Å². The van der Waals surface area contributed by atoms with E-state index in [2.05, 4.69) is 9.97 Å². The molecule has 0 amide bonds. The van der Waals surface area contributed by atoms with Crippen molar-refractivity contribution in [2.45, 2.75) is 38.3 Å². The number of aliphatic carboxylic acids is 1. The highest BCUT2D eigenvalue weighted by Crippen LogP contribution is 2.51. The van der Waals surface area contributed by atoms with Gasteiger partial charge in [-0.05, 0) is 32.1 Å². The summed E-state index contributed by atoms with van der Waals surface area (Å²) in [4.78, 5) is 30.9. The molecule has 114 valence electrons. The number of carboxylic acid groups (broad SMARTS) is 1. The Bertz CT molecular complexity index is 558. The number of thioether (sulfide) groups is 1. The molecular formula is C14H18N2O4S. The van der Waals surface area contributed by atoms with Gasteiger partial charge in [0.1, 0.15) is 0 Å². The van der Waals surface area contributed by atoms with Gasteiger partial charge in [-0.1, -0.05) is 11.8 Å². The number of carboxylic acids is 1. The molecule has 0 spiro atoms. The average molecular weight is 310 g/mol. The zero-order valence-electron chi connectivity index (χ0n) is 12.1. The molecule has 1 N–H and O–H groups in total. The smallest absolute Gasteiger partial charge is 0.341 e. The molecule has 1 aliphatic carbocycles. The Morgan fingerprint density at radius 2 is 2.19 bits per heavy atom. The van der Waals surface area contributed by atoms with Gasteiger partial charge in [-0.25, -0.2) is 14.8 Å². The molecule has 2 rings (SSSR count). The number of carbonyl (C=O) groups excluding carboxylic acids is 1. The standard InChI is InChI=1S/C14H18N2O4S/c1-3-20-12(19)10-7-15-13(16-9(10)2)21-8-14(4-5-14)6-11(17)18/h7H,3-6,8H2,1-2H3,(H,17,18). The Labute approximate surface area is 127 Å². The van der Waals surface area contributed by atoms with E-state index < -0.39 is 11.9 Å². The summed E-state index contributed by atoms with van der Waals surface area (Å²) >= 11 is 1.44. The van der Waals surface area contributed by atoms with Gasteiger partial charge in [-0.2, -0.15) is 0 Å². The molecule has 0 aromatic carbocycles. The van der Waals surface area contributed by atoms with Gasteiger partial charge in [0.2, 0.25) is 0 Å². The molecule has 1 fully saturated rings. The third kappa shape index (κ3) is 4.17. The Morgan fingerprint density at radius 3 is 2.71 bits per heavy atom. The third-order valence-corrected chi connectivity index (χ3v) is 4.65. The predicted molar refractivity (Wildman–Crippen MR) is 77.4 cm³/mol. The molecule has 1 aromatic heterocycles. The summed E-state index contributed by atoms with van der Waals surface area (Å²) in [5.41, 5.74) is 0.843. The van der Waals surface area contributed by atoms with E-state index in [-0.39, 0.29) is 11.8 Å². The first-order valence-corrected chi connectivity index (χ1v) is 7.80. The fourth-order valence-corrected chi connectivity index (χ4v) is 3.17. The Hall–Kier alpha value is -1.63. The number of aryl methyl sites for hydroxylation is 1. The van der Waals surface area contributed by atoms with Crippen molar-refractivity contribution >= 4 is 23.7 Å². The number of nitrogens with zero attached hydrogens (tertiary/aromatic N) is 2. The molecule has 1 heterocycles. The van der Waals surface area contributed by atoms with E-state index in [0.29, 0.717) is 28.8 Å². The van der Waals surface area contributed by atoms with Gasteiger partial charge in [-0.3, -0.25) is 4.79 Å². The molecule has 1 saturated carbocycles. The number of aromatic nitrogens is 2. The summed E-state index contributed by atoms with van der Waals surface area (Å²) in [7, 11) is 0. The summed E-state index contributed by atoms with van der Waals surface area (Å²) < 4.78 is 4.93. The Morgan fingerprint density at radius 1 is 1.48 bits per heavy atom. The number of esters is 1. The Balaban J connectivity index is 1.98. The largest absolute Gasteiger partial charge is 0.481 e. The van der Waals surface area contributed by atoms with Crippen molar-refractivity contribution in [3.05, 3.63) is 17.5 Å². The minimum Gasteiger partial charge on any atom is -0.481 e. The van der Waals surface area contributed by atoms with Gasteiger partial charge in [0, 0.05) is 11.9 Å². The van der Waals surface area contributed by atoms with Crippen molar-refractivity contribution in [2.24, 2.45) is 5.41 Å². The van der Waals surface area contributed by atoms with Gasteiger partial charge in [-0.15, -0.1) is 0 Å². The SMILES string of the molecule is CCOC(=O)c1cnc(SCC2(CC(=O)O)CC2)nc1C. The Kier molecular flexibility index (Phi) is 4.82. The van der Waals surface area contributed by atoms with Crippen LogP contribution in [-0.4, -0.2) is 39.4 Å². The molecule has 0 radical (unpaired) electrons. The normalized spacial score (nSPS) is 15.5. The average Bonchev–Trinajstić information content (AvgIpc) is 3.16. The molecule has 1 aliphatic rings. The van der Waals surface area contributed by atoms with Gasteiger partial charge in [0.25, 0.3) is 0 Å². The lowest BCUT2D eigenvalue weighted by atomic mass is 10.1. The second-order valence-corrected chi connectivity index (χ2v) is 6.17. The third-order valence-electron chi connectivity index (χ3n) is 3.44. The van der Waals surface area contributed by atoms with Gasteiger partial charge in [0.15, 0.2) is 5.16 Å². The van der Waals surface area contributed by atoms with Gasteiger partial charge in [0.05, 0.1) is 24.3 Å². The first-order chi connectivity index (χ1) is 9.96. The number of rotatable bonds is 7. The zero-order chi connectivity index (χ0) is 15.5. The highest BCUT2D eigenvalue weighted by atomic mass is 32.2. The van der Waals surface area contributed by atoms with Crippen LogP contribution in [0.4, 0.5) is 0 Å². The fraction of sp³-hybridized carbons (Fsp3) is 0.571. The molecule has 0 atom stereocenters. The van der Waals surface area contributed by atoms with Crippen molar-refractivity contribution in [3.8, 4) is 0 Å². The molecule has 1 aromatic rings. The van der Waals surface area contributed by atoms with E-state index in [0.717, 1.165) is 12.8 Å². The maximum atomic E-state index is 11.7. The lowest BCUT2D eigenvalue weighted by Gasteiger charge is -2.11. The number of ether oxygens (including phenoxy) is 1. The maximum Gasteiger partial charge on any atom is 0.341 e. The van der Waals surface area contributed by atoms with Crippen LogP contribution in [0.3, 0.4) is 0 Å². The van der Waals surface area contributed by atoms with E-state index in [1.165, 1.54) is 18.0 Å². The molecule has 0 unspecified atom stereocenters. The number of carbonyl (C=O) groups is 2. The van der Waals surface area contributed by atoms with Crippen LogP contribution in [0.5, 0.6) is 0 Å². The highest BCUT2D eigenvalue weighted by molar-refractivity contribution is 7.99. The molecule has 0 bridgehead atoms. The van der Waals surface area contributed by atoms with Crippen molar-refractivity contribution < 1.29 is 19.4 Å². The van der Waals surface area contributed by atoms with Crippen LogP contribution in [0.1, 0.15) is 42.2 Å². The summed E-state index contributed by atoms with van der Waals surface area (Å²) in [5, 5.41) is 9.45. The van der Waals surface area contributed by atoms with Crippen molar-refractivity contribution in [3.63, 3.8) is 0 Å². The summed E-state index contributed by atoms with van der Waals surface area (Å²) in [5.74, 6) is -0.490. The van der Waals surface area contributed by atoms with Crippen molar-refractivity contribution in [1.82, 2.24) is 9.97 Å². The van der Waals surface area contributed by atoms with Gasteiger partial charge < -0.3 is 9.84 Å². The van der Waals surface area contributed by atoms with Crippen LogP contribution < -0.4 is 0 Å². The quantitative estimate of drug-likeness (QED) is 0.469. The van der Waals surface area contributed by atoms with Crippen molar-refractivity contribution in [2.75, 3.05) is 12.4 Å². The van der Waals surface area contributed by atoms with Crippen LogP contribution in [0.25, 0.3) is 0 Å². The van der Waals surface area contributed by atoms with Gasteiger partial charge >= 0.3 is 11.9 Å². The second kappa shape index (κ2) is 6.43. The second-order valence-electron chi connectivity index (χ2n) is 5.23. The van der Waals surface area contributed by atoms with Crippen LogP contribution in [-0.2, 0) is 9.53 Å². The van der Waals surface area contributed by atoms with E-state index in [4.69, 9.17) is 9.84 Å². The lowest BCUT2D eigenvalue weighted by molar-refractivity contribution is -0.138. The molecule has 7 heteroatoms. The maximum absolute atomic E-state index is 11.7. The minimum absolute atomic E-state index is 0.104. The summed E-state index contributed by atoms with van der Waals surface area (Å²) in [6, 6.07) is 0. The van der Waals surface area contributed by atoms with Crippen molar-refractivity contribution in [1.29, 1.82) is 0 Å². The van der Waals surface area contributed by atoms with Crippen LogP contribution >= 0.6 is 11.8 Å². The molecule has 21 heavy (non-hydrogen) atoms. The van der Waals surface area contributed by atoms with E-state index in [1.54, 1.807) is 13.8 Å². The first kappa shape index (κ1) is 15.8. The lowest BCUT2D eigenvalue weighted by Crippen LogP contribution is -2.12. The molecular weight excluding hydrogens is 292 g/mol. The van der Waals surface area contributed by atoms with E-state index in [9.17, 15) is 9.59 Å². The highest BCUT2D eigenvalue weighted by Gasteiger charge is 2.44. The predicted octanol–water partition coefficient (Wildman–Crippen LogP) is 2.31. The minimum atomic E-state index is -0.761. The summed E-state index contributed by atoms with van der Waals surface area (Å²) in [6.45, 7) is 3.80. The first-order valence-electron chi connectivity index (χ1n) is 6.81. The molecule has 6 nitrogen and oxygen atoms in total. The monoisotopic (exact) mass is 310 g/mol. The van der Waals surface area contributed by atoms with Crippen LogP contribution in [0.2, 0.25) is 0 Å². The van der Waals surface area contributed by atoms with Crippen LogP contribution in [0.15, 0.2) is 11.4 Å². The number of hydrogen-bond donors (Lipinski definition) is 1. The summed E-state index contributed by atoms with van der Waals surface area (Å²) in [6.07, 6.45) is 3.54. The number of hydrogen-bond acceptors (Lipinski definition) is 6. The van der Waals surface area contributed by atoms with E-state index >= 15 is 0 Å². The fourth-order valence-electron chi connectivity index (χ4n) is 2.01. The molecule has 0 saturated heterocycles. The van der Waals surface area contributed by atoms with Crippen LogP contribution in [0, 0.1) is 12.3 Å². The topological polar surface area (TPSA) is 89.4 Å².